The Morgan fingerprint density at radius 3 is 2.62 bits per heavy atom. The molecule has 0 spiro atoms. The highest BCUT2D eigenvalue weighted by molar-refractivity contribution is 14.1. The molecule has 0 atom stereocenters. The Hall–Kier alpha value is -2.02. The molecule has 1 aliphatic rings. The predicted molar refractivity (Wildman–Crippen MR) is 86.2 cm³/mol. The number of cyclic esters (lactones) is 1. The monoisotopic (exact) mass is 393 g/mol. The van der Waals surface area contributed by atoms with Gasteiger partial charge in [0.25, 0.3) is 0 Å². The maximum absolute atomic E-state index is 13.1. The average Bonchev–Trinajstić information content (AvgIpc) is 2.81. The van der Waals surface area contributed by atoms with Gasteiger partial charge >= 0.3 is 5.97 Å². The number of carbonyl (C=O) groups excluding carboxylic acids is 1. The molecule has 0 N–H and O–H groups in total. The van der Waals surface area contributed by atoms with Crippen LogP contribution < -0.4 is 0 Å². The molecule has 21 heavy (non-hydrogen) atoms. The van der Waals surface area contributed by atoms with Crippen molar-refractivity contribution >= 4 is 40.5 Å². The van der Waals surface area contributed by atoms with E-state index in [0.29, 0.717) is 5.56 Å². The molecular formula is C16H9FINO2. The summed E-state index contributed by atoms with van der Waals surface area (Å²) in [4.78, 5) is 16.0. The maximum atomic E-state index is 13.1. The molecule has 1 heterocycles. The van der Waals surface area contributed by atoms with Crippen molar-refractivity contribution in [2.75, 3.05) is 0 Å². The molecule has 2 aromatic carbocycles. The lowest BCUT2D eigenvalue weighted by Gasteiger charge is -1.98. The van der Waals surface area contributed by atoms with E-state index in [-0.39, 0.29) is 17.4 Å². The lowest BCUT2D eigenvalue weighted by Crippen LogP contribution is -2.05. The van der Waals surface area contributed by atoms with Crippen LogP contribution in [0.2, 0.25) is 0 Å². The summed E-state index contributed by atoms with van der Waals surface area (Å²) in [5.74, 6) is -0.635. The topological polar surface area (TPSA) is 38.7 Å². The van der Waals surface area contributed by atoms with Crippen LogP contribution in [0.25, 0.3) is 6.08 Å². The number of rotatable bonds is 2. The first kappa shape index (κ1) is 13.9. The van der Waals surface area contributed by atoms with Crippen molar-refractivity contribution in [1.29, 1.82) is 0 Å². The van der Waals surface area contributed by atoms with Crippen molar-refractivity contribution in [3.05, 3.63) is 74.7 Å². The van der Waals surface area contributed by atoms with Crippen molar-refractivity contribution in [3.63, 3.8) is 0 Å². The smallest absolute Gasteiger partial charge is 0.363 e. The molecule has 0 saturated carbocycles. The molecule has 0 bridgehead atoms. The molecule has 0 aliphatic carbocycles. The highest BCUT2D eigenvalue weighted by Gasteiger charge is 2.23. The van der Waals surface area contributed by atoms with E-state index in [1.165, 1.54) is 18.2 Å². The normalized spacial score (nSPS) is 16.0. The molecule has 0 saturated heterocycles. The molecule has 1 aliphatic heterocycles. The number of esters is 1. The molecule has 0 fully saturated rings. The van der Waals surface area contributed by atoms with Crippen LogP contribution in [0.15, 0.2) is 59.2 Å². The van der Waals surface area contributed by atoms with Crippen LogP contribution in [0, 0.1) is 9.39 Å². The van der Waals surface area contributed by atoms with Gasteiger partial charge in [-0.25, -0.2) is 14.2 Å². The fraction of sp³-hybridized carbons (Fsp3) is 0. The standard InChI is InChI=1S/C16H9FINO2/c17-12-3-1-2-10(8-12)9-14-16(20)21-15(19-14)11-4-6-13(18)7-5-11/h1-9H. The number of hydrogen-bond acceptors (Lipinski definition) is 3. The third-order valence-corrected chi connectivity index (χ3v) is 3.58. The van der Waals surface area contributed by atoms with Gasteiger partial charge in [-0.05, 0) is 70.6 Å². The van der Waals surface area contributed by atoms with E-state index >= 15 is 0 Å². The van der Waals surface area contributed by atoms with Gasteiger partial charge in [-0.3, -0.25) is 0 Å². The molecule has 3 nitrogen and oxygen atoms in total. The predicted octanol–water partition coefficient (Wildman–Crippen LogP) is 3.77. The van der Waals surface area contributed by atoms with Gasteiger partial charge in [-0.2, -0.15) is 0 Å². The molecule has 104 valence electrons. The molecule has 0 unspecified atom stereocenters. The Morgan fingerprint density at radius 1 is 1.14 bits per heavy atom. The number of halogens is 2. The quantitative estimate of drug-likeness (QED) is 0.443. The second kappa shape index (κ2) is 5.77. The van der Waals surface area contributed by atoms with E-state index in [2.05, 4.69) is 27.6 Å². The molecular weight excluding hydrogens is 384 g/mol. The van der Waals surface area contributed by atoms with Crippen LogP contribution in [-0.4, -0.2) is 11.9 Å². The zero-order valence-electron chi connectivity index (χ0n) is 10.7. The van der Waals surface area contributed by atoms with E-state index in [1.807, 2.05) is 24.3 Å². The molecule has 3 rings (SSSR count). The minimum atomic E-state index is -0.534. The number of hydrogen-bond donors (Lipinski definition) is 0. The molecule has 0 aromatic heterocycles. The summed E-state index contributed by atoms with van der Waals surface area (Å²) in [6.07, 6.45) is 1.51. The minimum Gasteiger partial charge on any atom is -0.402 e. The van der Waals surface area contributed by atoms with Crippen molar-refractivity contribution < 1.29 is 13.9 Å². The first-order valence-electron chi connectivity index (χ1n) is 6.16. The van der Waals surface area contributed by atoms with E-state index in [1.54, 1.807) is 12.1 Å². The van der Waals surface area contributed by atoms with Gasteiger partial charge < -0.3 is 4.74 Å². The number of aliphatic imine (C=N–C) groups is 1. The van der Waals surface area contributed by atoms with Crippen molar-refractivity contribution in [2.24, 2.45) is 4.99 Å². The lowest BCUT2D eigenvalue weighted by molar-refractivity contribution is -0.129. The van der Waals surface area contributed by atoms with Crippen molar-refractivity contribution in [2.45, 2.75) is 0 Å². The van der Waals surface area contributed by atoms with E-state index < -0.39 is 5.97 Å². The number of carbonyl (C=O) groups is 1. The Labute approximate surface area is 134 Å². The summed E-state index contributed by atoms with van der Waals surface area (Å²) in [6.45, 7) is 0. The maximum Gasteiger partial charge on any atom is 0.363 e. The van der Waals surface area contributed by atoms with Crippen molar-refractivity contribution in [3.8, 4) is 0 Å². The zero-order chi connectivity index (χ0) is 14.8. The van der Waals surface area contributed by atoms with Crippen LogP contribution in [0.4, 0.5) is 4.39 Å². The Kier molecular flexibility index (Phi) is 3.83. The van der Waals surface area contributed by atoms with Gasteiger partial charge in [0, 0.05) is 9.13 Å². The average molecular weight is 393 g/mol. The van der Waals surface area contributed by atoms with Crippen LogP contribution in [0.5, 0.6) is 0 Å². The van der Waals surface area contributed by atoms with Gasteiger partial charge in [0.15, 0.2) is 5.70 Å². The van der Waals surface area contributed by atoms with Gasteiger partial charge in [0.1, 0.15) is 5.82 Å². The fourth-order valence-corrected chi connectivity index (χ4v) is 2.24. The largest absolute Gasteiger partial charge is 0.402 e. The third-order valence-electron chi connectivity index (χ3n) is 2.86. The van der Waals surface area contributed by atoms with Crippen LogP contribution in [0.3, 0.4) is 0 Å². The third kappa shape index (κ3) is 3.18. The molecule has 2 aromatic rings. The van der Waals surface area contributed by atoms with Gasteiger partial charge in [0.05, 0.1) is 0 Å². The fourth-order valence-electron chi connectivity index (χ4n) is 1.88. The summed E-state index contributed by atoms with van der Waals surface area (Å²) in [7, 11) is 0. The molecule has 0 radical (unpaired) electrons. The Bertz CT molecular complexity index is 766. The minimum absolute atomic E-state index is 0.161. The van der Waals surface area contributed by atoms with Crippen LogP contribution in [0.1, 0.15) is 11.1 Å². The summed E-state index contributed by atoms with van der Waals surface area (Å²) < 4.78 is 19.4. The highest BCUT2D eigenvalue weighted by atomic mass is 127. The Morgan fingerprint density at radius 2 is 1.90 bits per heavy atom. The Balaban J connectivity index is 1.93. The summed E-state index contributed by atoms with van der Waals surface area (Å²) in [5, 5.41) is 0. The SMILES string of the molecule is O=C1OC(c2ccc(I)cc2)=NC1=Cc1cccc(F)c1. The van der Waals surface area contributed by atoms with Gasteiger partial charge in [0.2, 0.25) is 5.90 Å². The first-order valence-corrected chi connectivity index (χ1v) is 7.24. The molecule has 0 amide bonds. The van der Waals surface area contributed by atoms with Gasteiger partial charge in [-0.15, -0.1) is 0 Å². The second-order valence-electron chi connectivity index (χ2n) is 4.40. The number of ether oxygens (including phenoxy) is 1. The van der Waals surface area contributed by atoms with Crippen LogP contribution in [-0.2, 0) is 9.53 Å². The zero-order valence-corrected chi connectivity index (χ0v) is 12.9. The van der Waals surface area contributed by atoms with Crippen molar-refractivity contribution in [1.82, 2.24) is 0 Å². The summed E-state index contributed by atoms with van der Waals surface area (Å²) in [5.41, 5.74) is 1.45. The number of nitrogens with zero attached hydrogens (tertiary/aromatic N) is 1. The number of benzene rings is 2. The molecule has 5 heteroatoms. The highest BCUT2D eigenvalue weighted by Crippen LogP contribution is 2.20. The van der Waals surface area contributed by atoms with E-state index in [0.717, 1.165) is 9.13 Å². The summed E-state index contributed by atoms with van der Waals surface area (Å²) in [6, 6.07) is 13.4. The van der Waals surface area contributed by atoms with E-state index in [4.69, 9.17) is 4.74 Å². The first-order chi connectivity index (χ1) is 10.1. The van der Waals surface area contributed by atoms with Gasteiger partial charge in [-0.1, -0.05) is 12.1 Å². The van der Waals surface area contributed by atoms with Crippen LogP contribution >= 0.6 is 22.6 Å². The summed E-state index contributed by atoms with van der Waals surface area (Å²) >= 11 is 2.19. The lowest BCUT2D eigenvalue weighted by atomic mass is 10.2. The van der Waals surface area contributed by atoms with E-state index in [9.17, 15) is 9.18 Å². The second-order valence-corrected chi connectivity index (χ2v) is 5.64.